The maximum Gasteiger partial charge on any atom is 0.490 e. The van der Waals surface area contributed by atoms with Crippen molar-refractivity contribution in [2.24, 2.45) is 16.5 Å². The molecule has 0 radical (unpaired) electrons. The standard InChI is InChI=1S/C21H26BrN5O2.C2HF3O2/c22-17-9-4-8-16(14-17)19(28)27-18(10-5-12-26-21(23)24)20(29)25-13-11-15-6-2-1-3-7-15;3-2(4,5)1(6)7/h1-4,6-9,14,18H,5,10-13H2,(H,25,29)(H,27,28)(H4,23,24,26);(H,6,7)/t18-;/m0./s1. The maximum absolute atomic E-state index is 12.7. The van der Waals surface area contributed by atoms with Gasteiger partial charge in [0, 0.05) is 23.1 Å². The molecule has 0 unspecified atom stereocenters. The third-order valence-corrected chi connectivity index (χ3v) is 4.95. The highest BCUT2D eigenvalue weighted by Gasteiger charge is 2.38. The number of alkyl halides is 3. The zero-order valence-corrected chi connectivity index (χ0v) is 20.7. The number of nitrogens with one attached hydrogen (secondary N) is 2. The topological polar surface area (TPSA) is 160 Å². The van der Waals surface area contributed by atoms with Gasteiger partial charge in [0.25, 0.3) is 5.91 Å². The van der Waals surface area contributed by atoms with E-state index in [-0.39, 0.29) is 17.8 Å². The summed E-state index contributed by atoms with van der Waals surface area (Å²) in [5.41, 5.74) is 12.3. The Balaban J connectivity index is 0.000000809. The molecule has 36 heavy (non-hydrogen) atoms. The van der Waals surface area contributed by atoms with Crippen LogP contribution in [-0.2, 0) is 16.0 Å². The monoisotopic (exact) mass is 573 g/mol. The molecule has 0 aromatic heterocycles. The number of aliphatic imine (C=N–C) groups is 1. The van der Waals surface area contributed by atoms with Crippen molar-refractivity contribution in [2.75, 3.05) is 13.1 Å². The van der Waals surface area contributed by atoms with Crippen LogP contribution in [0.25, 0.3) is 0 Å². The molecule has 0 aliphatic carbocycles. The molecule has 1 atom stereocenters. The molecule has 0 fully saturated rings. The van der Waals surface area contributed by atoms with Gasteiger partial charge in [-0.1, -0.05) is 52.3 Å². The number of carbonyl (C=O) groups excluding carboxylic acids is 2. The molecule has 0 aliphatic heterocycles. The third kappa shape index (κ3) is 12.7. The fraction of sp³-hybridized carbons (Fsp3) is 0.304. The van der Waals surface area contributed by atoms with Gasteiger partial charge < -0.3 is 27.2 Å². The van der Waals surface area contributed by atoms with Crippen molar-refractivity contribution < 1.29 is 32.7 Å². The second kappa shape index (κ2) is 15.4. The molecule has 0 aliphatic rings. The average molecular weight is 574 g/mol. The highest BCUT2D eigenvalue weighted by atomic mass is 79.9. The van der Waals surface area contributed by atoms with E-state index in [0.717, 1.165) is 10.0 Å². The lowest BCUT2D eigenvalue weighted by Gasteiger charge is -2.18. The number of benzene rings is 2. The Bertz CT molecular complexity index is 1030. The van der Waals surface area contributed by atoms with Crippen LogP contribution in [0, 0.1) is 0 Å². The van der Waals surface area contributed by atoms with E-state index in [1.807, 2.05) is 36.4 Å². The molecule has 0 spiro atoms. The minimum absolute atomic E-state index is 0.00651. The molecule has 2 aromatic carbocycles. The predicted octanol–water partition coefficient (Wildman–Crippen LogP) is 2.59. The molecule has 0 bridgehead atoms. The van der Waals surface area contributed by atoms with Gasteiger partial charge in [0.15, 0.2) is 5.96 Å². The molecule has 0 heterocycles. The quantitative estimate of drug-likeness (QED) is 0.167. The van der Waals surface area contributed by atoms with E-state index < -0.39 is 18.2 Å². The lowest BCUT2D eigenvalue weighted by atomic mass is 10.1. The Hall–Kier alpha value is -3.61. The highest BCUT2D eigenvalue weighted by molar-refractivity contribution is 9.10. The average Bonchev–Trinajstić information content (AvgIpc) is 2.81. The number of aliphatic carboxylic acids is 1. The number of rotatable bonds is 10. The second-order valence-electron chi connectivity index (χ2n) is 7.31. The van der Waals surface area contributed by atoms with Gasteiger partial charge in [0.05, 0.1) is 0 Å². The van der Waals surface area contributed by atoms with Crippen molar-refractivity contribution in [3.63, 3.8) is 0 Å². The number of guanidine groups is 1. The Morgan fingerprint density at radius 1 is 1.06 bits per heavy atom. The lowest BCUT2D eigenvalue weighted by Crippen LogP contribution is -2.47. The summed E-state index contributed by atoms with van der Waals surface area (Å²) in [6, 6.07) is 16.2. The minimum atomic E-state index is -5.08. The van der Waals surface area contributed by atoms with Crippen LogP contribution in [0.5, 0.6) is 0 Å². The van der Waals surface area contributed by atoms with Crippen LogP contribution in [-0.4, -0.2) is 54.2 Å². The Morgan fingerprint density at radius 3 is 2.25 bits per heavy atom. The molecule has 196 valence electrons. The number of halogens is 4. The normalized spacial score (nSPS) is 11.3. The molecule has 9 nitrogen and oxygen atoms in total. The van der Waals surface area contributed by atoms with Gasteiger partial charge in [-0.15, -0.1) is 0 Å². The first-order valence-corrected chi connectivity index (χ1v) is 11.4. The van der Waals surface area contributed by atoms with Gasteiger partial charge in [-0.25, -0.2) is 4.79 Å². The largest absolute Gasteiger partial charge is 0.490 e. The van der Waals surface area contributed by atoms with E-state index in [4.69, 9.17) is 21.4 Å². The summed E-state index contributed by atoms with van der Waals surface area (Å²) in [7, 11) is 0. The van der Waals surface area contributed by atoms with Gasteiger partial charge in [-0.05, 0) is 43.0 Å². The van der Waals surface area contributed by atoms with Crippen LogP contribution in [0.2, 0.25) is 0 Å². The van der Waals surface area contributed by atoms with Crippen LogP contribution in [0.1, 0.15) is 28.8 Å². The summed E-state index contributed by atoms with van der Waals surface area (Å²) in [6.45, 7) is 0.878. The SMILES string of the molecule is NC(N)=NCCC[C@H](NC(=O)c1cccc(Br)c1)C(=O)NCCc1ccccc1.O=C(O)C(F)(F)F. The summed E-state index contributed by atoms with van der Waals surface area (Å²) in [5.74, 6) is -3.29. The van der Waals surface area contributed by atoms with Crippen LogP contribution < -0.4 is 22.1 Å². The Labute approximate surface area is 214 Å². The summed E-state index contributed by atoms with van der Waals surface area (Å²) < 4.78 is 32.5. The van der Waals surface area contributed by atoms with Gasteiger partial charge in [-0.3, -0.25) is 14.6 Å². The Kier molecular flexibility index (Phi) is 13.0. The van der Waals surface area contributed by atoms with E-state index in [1.165, 1.54) is 0 Å². The van der Waals surface area contributed by atoms with Crippen LogP contribution in [0.4, 0.5) is 13.2 Å². The zero-order valence-electron chi connectivity index (χ0n) is 19.1. The summed E-state index contributed by atoms with van der Waals surface area (Å²) in [5, 5.41) is 12.8. The smallest absolute Gasteiger partial charge is 0.475 e. The first kappa shape index (κ1) is 30.4. The van der Waals surface area contributed by atoms with Gasteiger partial charge >= 0.3 is 12.1 Å². The number of carbonyl (C=O) groups is 3. The van der Waals surface area contributed by atoms with Gasteiger partial charge in [0.1, 0.15) is 6.04 Å². The minimum Gasteiger partial charge on any atom is -0.475 e. The zero-order chi connectivity index (χ0) is 27.1. The first-order chi connectivity index (χ1) is 16.9. The number of amides is 2. The summed E-state index contributed by atoms with van der Waals surface area (Å²) >= 11 is 3.35. The fourth-order valence-electron chi connectivity index (χ4n) is 2.74. The number of carboxylic acid groups (broad SMARTS) is 1. The molecule has 2 amide bonds. The van der Waals surface area contributed by atoms with Crippen LogP contribution in [0.3, 0.4) is 0 Å². The van der Waals surface area contributed by atoms with Crippen molar-refractivity contribution in [2.45, 2.75) is 31.5 Å². The molecule has 0 saturated carbocycles. The molecule has 13 heteroatoms. The molecular weight excluding hydrogens is 547 g/mol. The molecule has 0 saturated heterocycles. The predicted molar refractivity (Wildman–Crippen MR) is 132 cm³/mol. The summed E-state index contributed by atoms with van der Waals surface area (Å²) in [6.07, 6.45) is -3.38. The maximum atomic E-state index is 12.7. The molecular formula is C23H27BrF3N5O4. The third-order valence-electron chi connectivity index (χ3n) is 4.45. The second-order valence-corrected chi connectivity index (χ2v) is 8.23. The number of hydrogen-bond donors (Lipinski definition) is 5. The molecule has 2 aromatic rings. The van der Waals surface area contributed by atoms with E-state index in [0.29, 0.717) is 37.9 Å². The van der Waals surface area contributed by atoms with Gasteiger partial charge in [0.2, 0.25) is 5.91 Å². The van der Waals surface area contributed by atoms with E-state index in [1.54, 1.807) is 18.2 Å². The van der Waals surface area contributed by atoms with Crippen molar-refractivity contribution in [3.05, 3.63) is 70.2 Å². The lowest BCUT2D eigenvalue weighted by molar-refractivity contribution is -0.192. The van der Waals surface area contributed by atoms with Crippen molar-refractivity contribution >= 4 is 39.7 Å². The number of carboxylic acids is 1. The Morgan fingerprint density at radius 2 is 1.69 bits per heavy atom. The molecule has 7 N–H and O–H groups in total. The van der Waals surface area contributed by atoms with Crippen LogP contribution in [0.15, 0.2) is 64.1 Å². The first-order valence-electron chi connectivity index (χ1n) is 10.6. The van der Waals surface area contributed by atoms with Crippen LogP contribution >= 0.6 is 15.9 Å². The van der Waals surface area contributed by atoms with Crippen molar-refractivity contribution in [3.8, 4) is 0 Å². The number of nitrogens with zero attached hydrogens (tertiary/aromatic N) is 1. The summed E-state index contributed by atoms with van der Waals surface area (Å²) in [4.78, 5) is 38.1. The van der Waals surface area contributed by atoms with E-state index >= 15 is 0 Å². The number of nitrogens with two attached hydrogens (primary N) is 2. The van der Waals surface area contributed by atoms with E-state index in [9.17, 15) is 22.8 Å². The van der Waals surface area contributed by atoms with Gasteiger partial charge in [-0.2, -0.15) is 13.2 Å². The number of hydrogen-bond acceptors (Lipinski definition) is 4. The van der Waals surface area contributed by atoms with Crippen molar-refractivity contribution in [1.82, 2.24) is 10.6 Å². The van der Waals surface area contributed by atoms with Crippen molar-refractivity contribution in [1.29, 1.82) is 0 Å². The van der Waals surface area contributed by atoms with E-state index in [2.05, 4.69) is 31.6 Å². The molecule has 2 rings (SSSR count). The highest BCUT2D eigenvalue weighted by Crippen LogP contribution is 2.13. The fourth-order valence-corrected chi connectivity index (χ4v) is 3.14.